The Morgan fingerprint density at radius 1 is 1.28 bits per heavy atom. The Morgan fingerprint density at radius 3 is 2.80 bits per heavy atom. The van der Waals surface area contributed by atoms with Crippen LogP contribution in [0.25, 0.3) is 5.69 Å². The molecule has 2 heterocycles. The Balaban J connectivity index is 1.67. The van der Waals surface area contributed by atoms with Gasteiger partial charge in [0.1, 0.15) is 5.76 Å². The smallest absolute Gasteiger partial charge is 0.255 e. The van der Waals surface area contributed by atoms with Gasteiger partial charge in [-0.1, -0.05) is 12.1 Å². The van der Waals surface area contributed by atoms with Gasteiger partial charge in [0.15, 0.2) is 0 Å². The number of hydrogen-bond acceptors (Lipinski definition) is 3. The zero-order valence-electron chi connectivity index (χ0n) is 14.5. The van der Waals surface area contributed by atoms with Crippen molar-refractivity contribution >= 4 is 5.91 Å². The third-order valence-corrected chi connectivity index (χ3v) is 4.58. The van der Waals surface area contributed by atoms with Crippen LogP contribution in [0.2, 0.25) is 0 Å². The molecule has 0 bridgehead atoms. The Bertz CT molecular complexity index is 905. The van der Waals surface area contributed by atoms with Gasteiger partial charge in [-0.25, -0.2) is 4.68 Å². The van der Waals surface area contributed by atoms with Crippen molar-refractivity contribution in [3.63, 3.8) is 0 Å². The molecule has 1 aliphatic carbocycles. The molecule has 0 unspecified atom stereocenters. The Hall–Kier alpha value is -2.82. The van der Waals surface area contributed by atoms with Gasteiger partial charge in [0.2, 0.25) is 0 Å². The van der Waals surface area contributed by atoms with Crippen molar-refractivity contribution in [3.8, 4) is 5.69 Å². The standard InChI is InChI=1S/C20H21N3O2/c1-13-5-3-6-16(11-13)23-14(2)18(19(22-23)15-8-9-15)20(24)21-12-17-7-4-10-25-17/h3-7,10-11,15H,8-9,12H2,1-2H3,(H,21,24). The van der Waals surface area contributed by atoms with E-state index >= 15 is 0 Å². The Labute approximate surface area is 146 Å². The second kappa shape index (κ2) is 6.24. The van der Waals surface area contributed by atoms with Crippen molar-refractivity contribution in [2.45, 2.75) is 39.2 Å². The maximum absolute atomic E-state index is 12.8. The van der Waals surface area contributed by atoms with Gasteiger partial charge in [-0.05, 0) is 56.5 Å². The lowest BCUT2D eigenvalue weighted by Crippen LogP contribution is -2.24. The van der Waals surface area contributed by atoms with Crippen LogP contribution in [-0.2, 0) is 6.54 Å². The van der Waals surface area contributed by atoms with E-state index in [4.69, 9.17) is 9.52 Å². The van der Waals surface area contributed by atoms with Crippen molar-refractivity contribution in [1.29, 1.82) is 0 Å². The number of carbonyl (C=O) groups is 1. The lowest BCUT2D eigenvalue weighted by Gasteiger charge is -2.07. The van der Waals surface area contributed by atoms with E-state index < -0.39 is 0 Å². The van der Waals surface area contributed by atoms with Gasteiger partial charge in [-0.2, -0.15) is 5.10 Å². The lowest BCUT2D eigenvalue weighted by molar-refractivity contribution is 0.0946. The van der Waals surface area contributed by atoms with Crippen LogP contribution in [0.5, 0.6) is 0 Å². The zero-order valence-corrected chi connectivity index (χ0v) is 14.5. The van der Waals surface area contributed by atoms with Crippen molar-refractivity contribution in [3.05, 3.63) is 70.9 Å². The number of rotatable bonds is 5. The highest BCUT2D eigenvalue weighted by atomic mass is 16.3. The van der Waals surface area contributed by atoms with Gasteiger partial charge >= 0.3 is 0 Å². The average molecular weight is 335 g/mol. The summed E-state index contributed by atoms with van der Waals surface area (Å²) in [4.78, 5) is 12.8. The molecule has 0 radical (unpaired) electrons. The first-order chi connectivity index (χ1) is 12.1. The number of carbonyl (C=O) groups excluding carboxylic acids is 1. The second-order valence-corrected chi connectivity index (χ2v) is 6.63. The van der Waals surface area contributed by atoms with E-state index in [1.807, 2.05) is 35.9 Å². The maximum atomic E-state index is 12.8. The summed E-state index contributed by atoms with van der Waals surface area (Å²) >= 11 is 0. The van der Waals surface area contributed by atoms with E-state index in [2.05, 4.69) is 24.4 Å². The highest BCUT2D eigenvalue weighted by Gasteiger charge is 2.33. The monoisotopic (exact) mass is 335 g/mol. The molecule has 1 N–H and O–H groups in total. The molecule has 1 aliphatic rings. The maximum Gasteiger partial charge on any atom is 0.255 e. The molecule has 0 aliphatic heterocycles. The van der Waals surface area contributed by atoms with Gasteiger partial charge in [0, 0.05) is 5.92 Å². The Morgan fingerprint density at radius 2 is 2.12 bits per heavy atom. The third kappa shape index (κ3) is 3.09. The summed E-state index contributed by atoms with van der Waals surface area (Å²) < 4.78 is 7.18. The van der Waals surface area contributed by atoms with Crippen LogP contribution < -0.4 is 5.32 Å². The number of nitrogens with one attached hydrogen (secondary N) is 1. The molecule has 2 aromatic heterocycles. The molecule has 3 aromatic rings. The molecule has 0 saturated heterocycles. The van der Waals surface area contributed by atoms with Crippen LogP contribution in [0.15, 0.2) is 47.1 Å². The Kier molecular flexibility index (Phi) is 3.92. The summed E-state index contributed by atoms with van der Waals surface area (Å²) in [6, 6.07) is 11.8. The topological polar surface area (TPSA) is 60.1 Å². The van der Waals surface area contributed by atoms with Crippen LogP contribution in [0.3, 0.4) is 0 Å². The van der Waals surface area contributed by atoms with E-state index in [0.717, 1.165) is 35.7 Å². The van der Waals surface area contributed by atoms with Crippen molar-refractivity contribution < 1.29 is 9.21 Å². The summed E-state index contributed by atoms with van der Waals surface area (Å²) in [5.41, 5.74) is 4.66. The molecule has 5 heteroatoms. The van der Waals surface area contributed by atoms with E-state index in [0.29, 0.717) is 18.0 Å². The molecular formula is C20H21N3O2. The van der Waals surface area contributed by atoms with Crippen LogP contribution >= 0.6 is 0 Å². The lowest BCUT2D eigenvalue weighted by atomic mass is 10.1. The molecule has 1 fully saturated rings. The summed E-state index contributed by atoms with van der Waals surface area (Å²) in [5, 5.41) is 7.74. The number of furan rings is 1. The highest BCUT2D eigenvalue weighted by Crippen LogP contribution is 2.42. The normalized spacial score (nSPS) is 13.8. The largest absolute Gasteiger partial charge is 0.467 e. The van der Waals surface area contributed by atoms with Crippen LogP contribution in [0.1, 0.15) is 51.8 Å². The fourth-order valence-electron chi connectivity index (χ4n) is 3.13. The first-order valence-electron chi connectivity index (χ1n) is 8.60. The zero-order chi connectivity index (χ0) is 17.4. The first kappa shape index (κ1) is 15.7. The summed E-state index contributed by atoms with van der Waals surface area (Å²) in [5.74, 6) is 1.05. The number of benzene rings is 1. The van der Waals surface area contributed by atoms with Gasteiger partial charge in [0.25, 0.3) is 5.91 Å². The molecule has 25 heavy (non-hydrogen) atoms. The minimum Gasteiger partial charge on any atom is -0.467 e. The molecule has 0 spiro atoms. The summed E-state index contributed by atoms with van der Waals surface area (Å²) in [7, 11) is 0. The van der Waals surface area contributed by atoms with Gasteiger partial charge < -0.3 is 9.73 Å². The van der Waals surface area contributed by atoms with E-state index in [9.17, 15) is 4.79 Å². The van der Waals surface area contributed by atoms with Crippen molar-refractivity contribution in [2.24, 2.45) is 0 Å². The SMILES string of the molecule is Cc1cccc(-n2nc(C3CC3)c(C(=O)NCc3ccco3)c2C)c1. The van der Waals surface area contributed by atoms with E-state index in [-0.39, 0.29) is 5.91 Å². The quantitative estimate of drug-likeness (QED) is 0.769. The van der Waals surface area contributed by atoms with Crippen LogP contribution in [0, 0.1) is 13.8 Å². The fraction of sp³-hybridized carbons (Fsp3) is 0.300. The molecule has 1 aromatic carbocycles. The minimum atomic E-state index is -0.0882. The van der Waals surface area contributed by atoms with E-state index in [1.54, 1.807) is 6.26 Å². The average Bonchev–Trinajstić information content (AvgIpc) is 3.19. The first-order valence-corrected chi connectivity index (χ1v) is 8.60. The highest BCUT2D eigenvalue weighted by molar-refractivity contribution is 5.96. The number of amides is 1. The van der Waals surface area contributed by atoms with Crippen LogP contribution in [0.4, 0.5) is 0 Å². The summed E-state index contributed by atoms with van der Waals surface area (Å²) in [6.07, 6.45) is 3.81. The molecule has 1 saturated carbocycles. The van der Waals surface area contributed by atoms with E-state index in [1.165, 1.54) is 5.56 Å². The fourth-order valence-corrected chi connectivity index (χ4v) is 3.13. The van der Waals surface area contributed by atoms with Crippen molar-refractivity contribution in [2.75, 3.05) is 0 Å². The van der Waals surface area contributed by atoms with Crippen LogP contribution in [-0.4, -0.2) is 15.7 Å². The molecule has 0 atom stereocenters. The van der Waals surface area contributed by atoms with Gasteiger partial charge in [-0.15, -0.1) is 0 Å². The molecular weight excluding hydrogens is 314 g/mol. The number of hydrogen-bond donors (Lipinski definition) is 1. The molecule has 5 nitrogen and oxygen atoms in total. The van der Waals surface area contributed by atoms with Gasteiger partial charge in [-0.3, -0.25) is 4.79 Å². The molecule has 4 rings (SSSR count). The number of aryl methyl sites for hydroxylation is 1. The molecule has 128 valence electrons. The molecule has 1 amide bonds. The summed E-state index contributed by atoms with van der Waals surface area (Å²) in [6.45, 7) is 4.40. The third-order valence-electron chi connectivity index (χ3n) is 4.58. The number of aromatic nitrogens is 2. The number of nitrogens with zero attached hydrogens (tertiary/aromatic N) is 2. The predicted molar refractivity (Wildman–Crippen MR) is 94.9 cm³/mol. The predicted octanol–water partition coefficient (Wildman–Crippen LogP) is 3.89. The van der Waals surface area contributed by atoms with Crippen molar-refractivity contribution in [1.82, 2.24) is 15.1 Å². The van der Waals surface area contributed by atoms with Gasteiger partial charge in [0.05, 0.1) is 35.4 Å². The minimum absolute atomic E-state index is 0.0882. The second-order valence-electron chi connectivity index (χ2n) is 6.63.